The first-order valence-corrected chi connectivity index (χ1v) is 7.13. The Morgan fingerprint density at radius 1 is 1.32 bits per heavy atom. The molecule has 1 aromatic carbocycles. The number of benzene rings is 1. The third-order valence-electron chi connectivity index (χ3n) is 3.28. The van der Waals surface area contributed by atoms with Gasteiger partial charge >= 0.3 is 5.97 Å². The van der Waals surface area contributed by atoms with Crippen LogP contribution >= 0.6 is 0 Å². The molecule has 0 radical (unpaired) electrons. The Hall–Kier alpha value is -1.35. The van der Waals surface area contributed by atoms with Gasteiger partial charge < -0.3 is 10.4 Å². The maximum atomic E-state index is 11.1. The van der Waals surface area contributed by atoms with Gasteiger partial charge in [0.2, 0.25) is 0 Å². The van der Waals surface area contributed by atoms with E-state index in [9.17, 15) is 4.79 Å². The molecule has 3 heteroatoms. The van der Waals surface area contributed by atoms with Crippen molar-refractivity contribution in [3.63, 3.8) is 0 Å². The number of hydrogen-bond acceptors (Lipinski definition) is 2. The number of aliphatic carboxylic acids is 1. The molecule has 3 nitrogen and oxygen atoms in total. The van der Waals surface area contributed by atoms with E-state index in [-0.39, 0.29) is 0 Å². The van der Waals surface area contributed by atoms with Gasteiger partial charge in [-0.1, -0.05) is 57.0 Å². The van der Waals surface area contributed by atoms with Gasteiger partial charge in [0.1, 0.15) is 6.04 Å². The molecular weight excluding hydrogens is 238 g/mol. The lowest BCUT2D eigenvalue weighted by Gasteiger charge is -2.18. The predicted molar refractivity (Wildman–Crippen MR) is 78.3 cm³/mol. The lowest BCUT2D eigenvalue weighted by molar-refractivity contribution is -0.139. The van der Waals surface area contributed by atoms with Gasteiger partial charge in [-0.2, -0.15) is 0 Å². The predicted octanol–water partition coefficient (Wildman–Crippen LogP) is 3.10. The van der Waals surface area contributed by atoms with Crippen LogP contribution in [-0.2, 0) is 11.2 Å². The second kappa shape index (κ2) is 8.70. The zero-order chi connectivity index (χ0) is 14.1. The normalized spacial score (nSPS) is 14.0. The summed E-state index contributed by atoms with van der Waals surface area (Å²) in [4.78, 5) is 11.1. The third-order valence-corrected chi connectivity index (χ3v) is 3.28. The van der Waals surface area contributed by atoms with Crippen LogP contribution in [0.1, 0.15) is 38.7 Å². The van der Waals surface area contributed by atoms with Gasteiger partial charge in [-0.3, -0.25) is 4.79 Å². The molecule has 2 N–H and O–H groups in total. The van der Waals surface area contributed by atoms with Crippen molar-refractivity contribution in [2.24, 2.45) is 5.92 Å². The summed E-state index contributed by atoms with van der Waals surface area (Å²) in [7, 11) is 0. The molecule has 0 aliphatic rings. The highest BCUT2D eigenvalue weighted by Gasteiger charge is 2.16. The van der Waals surface area contributed by atoms with Gasteiger partial charge in [-0.05, 0) is 30.9 Å². The van der Waals surface area contributed by atoms with E-state index in [1.807, 2.05) is 18.2 Å². The maximum absolute atomic E-state index is 11.1. The number of rotatable bonds is 9. The lowest BCUT2D eigenvalue weighted by Crippen LogP contribution is -2.39. The Labute approximate surface area is 116 Å². The van der Waals surface area contributed by atoms with E-state index in [0.717, 1.165) is 25.8 Å². The summed E-state index contributed by atoms with van der Waals surface area (Å²) in [6, 6.07) is 9.91. The Kier molecular flexibility index (Phi) is 7.19. The highest BCUT2D eigenvalue weighted by atomic mass is 16.4. The molecule has 0 spiro atoms. The minimum atomic E-state index is -0.736. The molecule has 0 saturated carbocycles. The van der Waals surface area contributed by atoms with Crippen LogP contribution in [0.2, 0.25) is 0 Å². The maximum Gasteiger partial charge on any atom is 0.320 e. The van der Waals surface area contributed by atoms with Crippen LogP contribution in [0.4, 0.5) is 0 Å². The van der Waals surface area contributed by atoms with Crippen LogP contribution in [0, 0.1) is 5.92 Å². The third kappa shape index (κ3) is 6.39. The molecule has 106 valence electrons. The minimum Gasteiger partial charge on any atom is -0.480 e. The molecule has 0 aliphatic heterocycles. The fourth-order valence-corrected chi connectivity index (χ4v) is 2.15. The van der Waals surface area contributed by atoms with Crippen molar-refractivity contribution in [2.45, 2.75) is 45.6 Å². The summed E-state index contributed by atoms with van der Waals surface area (Å²) in [5.74, 6) is -0.300. The highest BCUT2D eigenvalue weighted by Crippen LogP contribution is 2.08. The molecule has 0 heterocycles. The van der Waals surface area contributed by atoms with E-state index in [0.29, 0.717) is 12.3 Å². The highest BCUT2D eigenvalue weighted by molar-refractivity contribution is 5.73. The monoisotopic (exact) mass is 263 g/mol. The number of hydrogen-bond donors (Lipinski definition) is 2. The zero-order valence-electron chi connectivity index (χ0n) is 11.9. The summed E-state index contributed by atoms with van der Waals surface area (Å²) < 4.78 is 0. The Bertz CT molecular complexity index is 364. The quantitative estimate of drug-likeness (QED) is 0.719. The molecule has 0 aliphatic carbocycles. The number of carbonyl (C=O) groups is 1. The molecular formula is C16H25NO2. The average molecular weight is 263 g/mol. The summed E-state index contributed by atoms with van der Waals surface area (Å²) in [6.07, 6.45) is 3.68. The average Bonchev–Trinajstić information content (AvgIpc) is 2.39. The first-order chi connectivity index (χ1) is 9.13. The SMILES string of the molecule is CCCCC(NCC(C)Cc1ccccc1)C(=O)O. The molecule has 1 rings (SSSR count). The number of nitrogens with one attached hydrogen (secondary N) is 1. The molecule has 0 fully saturated rings. The van der Waals surface area contributed by atoms with Crippen molar-refractivity contribution in [3.05, 3.63) is 35.9 Å². The summed E-state index contributed by atoms with van der Waals surface area (Å²) in [5, 5.41) is 12.3. The topological polar surface area (TPSA) is 49.3 Å². The standard InChI is InChI=1S/C16H25NO2/c1-3-4-10-15(16(18)19)17-12-13(2)11-14-8-6-5-7-9-14/h5-9,13,15,17H,3-4,10-12H2,1-2H3,(H,18,19). The van der Waals surface area contributed by atoms with Crippen molar-refractivity contribution in [1.29, 1.82) is 0 Å². The molecule has 0 aromatic heterocycles. The van der Waals surface area contributed by atoms with Crippen molar-refractivity contribution in [1.82, 2.24) is 5.32 Å². The summed E-state index contributed by atoms with van der Waals surface area (Å²) in [5.41, 5.74) is 1.30. The molecule has 2 atom stereocenters. The van der Waals surface area contributed by atoms with Crippen LogP contribution in [-0.4, -0.2) is 23.7 Å². The van der Waals surface area contributed by atoms with Gasteiger partial charge in [0, 0.05) is 0 Å². The van der Waals surface area contributed by atoms with Gasteiger partial charge in [0.05, 0.1) is 0 Å². The smallest absolute Gasteiger partial charge is 0.320 e. The number of unbranched alkanes of at least 4 members (excludes halogenated alkanes) is 1. The summed E-state index contributed by atoms with van der Waals surface area (Å²) >= 11 is 0. The first kappa shape index (κ1) is 15.7. The van der Waals surface area contributed by atoms with Crippen LogP contribution in [0.15, 0.2) is 30.3 Å². The molecule has 0 bridgehead atoms. The molecule has 1 aromatic rings. The van der Waals surface area contributed by atoms with Crippen molar-refractivity contribution in [3.8, 4) is 0 Å². The van der Waals surface area contributed by atoms with E-state index in [1.54, 1.807) is 0 Å². The van der Waals surface area contributed by atoms with Crippen LogP contribution in [0.3, 0.4) is 0 Å². The van der Waals surface area contributed by atoms with Crippen LogP contribution in [0.5, 0.6) is 0 Å². The molecule has 19 heavy (non-hydrogen) atoms. The Morgan fingerprint density at radius 3 is 2.58 bits per heavy atom. The Balaban J connectivity index is 2.35. The fraction of sp³-hybridized carbons (Fsp3) is 0.562. The molecule has 0 amide bonds. The summed E-state index contributed by atoms with van der Waals surface area (Å²) in [6.45, 7) is 4.98. The van der Waals surface area contributed by atoms with Crippen LogP contribution in [0.25, 0.3) is 0 Å². The van der Waals surface area contributed by atoms with Crippen molar-refractivity contribution >= 4 is 5.97 Å². The van der Waals surface area contributed by atoms with E-state index in [4.69, 9.17) is 5.11 Å². The number of carboxylic acid groups (broad SMARTS) is 1. The van der Waals surface area contributed by atoms with Gasteiger partial charge in [0.15, 0.2) is 0 Å². The van der Waals surface area contributed by atoms with E-state index in [1.165, 1.54) is 5.56 Å². The van der Waals surface area contributed by atoms with Crippen LogP contribution < -0.4 is 5.32 Å². The van der Waals surface area contributed by atoms with Crippen molar-refractivity contribution < 1.29 is 9.90 Å². The molecule has 2 unspecified atom stereocenters. The first-order valence-electron chi connectivity index (χ1n) is 7.13. The second-order valence-corrected chi connectivity index (χ2v) is 5.24. The lowest BCUT2D eigenvalue weighted by atomic mass is 10.0. The van der Waals surface area contributed by atoms with Gasteiger partial charge in [-0.15, -0.1) is 0 Å². The largest absolute Gasteiger partial charge is 0.480 e. The second-order valence-electron chi connectivity index (χ2n) is 5.24. The van der Waals surface area contributed by atoms with Gasteiger partial charge in [0.25, 0.3) is 0 Å². The van der Waals surface area contributed by atoms with E-state index < -0.39 is 12.0 Å². The van der Waals surface area contributed by atoms with E-state index in [2.05, 4.69) is 31.3 Å². The van der Waals surface area contributed by atoms with E-state index >= 15 is 0 Å². The van der Waals surface area contributed by atoms with Gasteiger partial charge in [-0.25, -0.2) is 0 Å². The Morgan fingerprint density at radius 2 is 2.00 bits per heavy atom. The number of carboxylic acids is 1. The minimum absolute atomic E-state index is 0.404. The van der Waals surface area contributed by atoms with Crippen molar-refractivity contribution in [2.75, 3.05) is 6.54 Å². The fourth-order valence-electron chi connectivity index (χ4n) is 2.15. The zero-order valence-corrected chi connectivity index (χ0v) is 11.9. The molecule has 0 saturated heterocycles.